The molecule has 3 heteroatoms. The van der Waals surface area contributed by atoms with Crippen molar-refractivity contribution >= 4 is 5.91 Å². The molecule has 1 unspecified atom stereocenters. The summed E-state index contributed by atoms with van der Waals surface area (Å²) in [7, 11) is 1.89. The van der Waals surface area contributed by atoms with Crippen LogP contribution < -0.4 is 0 Å². The van der Waals surface area contributed by atoms with E-state index in [4.69, 9.17) is 0 Å². The number of likely N-dealkylation sites (tertiary alicyclic amines) is 1. The van der Waals surface area contributed by atoms with Crippen molar-refractivity contribution in [3.63, 3.8) is 0 Å². The summed E-state index contributed by atoms with van der Waals surface area (Å²) in [6, 6.07) is 10.6. The van der Waals surface area contributed by atoms with E-state index in [2.05, 4.69) is 35.2 Å². The van der Waals surface area contributed by atoms with Crippen LogP contribution in [0.3, 0.4) is 0 Å². The molecule has 1 aliphatic heterocycles. The standard InChI is InChI=1S/C19H26N2O/c1-3-4-6-11-19(22)20(2)14-18-12-13-21(16-18)15-17-9-7-5-8-10-17/h3-11,18H,12-16H2,1-2H3. The van der Waals surface area contributed by atoms with Gasteiger partial charge in [0.25, 0.3) is 0 Å². The van der Waals surface area contributed by atoms with Gasteiger partial charge < -0.3 is 4.90 Å². The van der Waals surface area contributed by atoms with Gasteiger partial charge in [-0.25, -0.2) is 0 Å². The molecule has 1 amide bonds. The van der Waals surface area contributed by atoms with Gasteiger partial charge in [-0.05, 0) is 31.4 Å². The SMILES string of the molecule is CC=CC=CC(=O)N(C)CC1CCN(Cc2ccccc2)C1. The van der Waals surface area contributed by atoms with Crippen molar-refractivity contribution in [1.82, 2.24) is 9.80 Å². The van der Waals surface area contributed by atoms with Gasteiger partial charge in [-0.2, -0.15) is 0 Å². The molecular formula is C19H26N2O. The van der Waals surface area contributed by atoms with Gasteiger partial charge in [-0.3, -0.25) is 9.69 Å². The van der Waals surface area contributed by atoms with Crippen molar-refractivity contribution in [3.05, 3.63) is 60.2 Å². The van der Waals surface area contributed by atoms with Crippen molar-refractivity contribution < 1.29 is 4.79 Å². The number of allylic oxidation sites excluding steroid dienone is 3. The first-order chi connectivity index (χ1) is 10.7. The number of carbonyl (C=O) groups is 1. The Balaban J connectivity index is 1.77. The second kappa shape index (κ2) is 8.54. The van der Waals surface area contributed by atoms with Gasteiger partial charge >= 0.3 is 0 Å². The van der Waals surface area contributed by atoms with Gasteiger partial charge in [-0.15, -0.1) is 0 Å². The van der Waals surface area contributed by atoms with E-state index >= 15 is 0 Å². The highest BCUT2D eigenvalue weighted by atomic mass is 16.2. The molecule has 1 saturated heterocycles. The Morgan fingerprint density at radius 2 is 2.09 bits per heavy atom. The normalized spacial score (nSPS) is 19.3. The summed E-state index contributed by atoms with van der Waals surface area (Å²) in [6.07, 6.45) is 8.40. The molecule has 0 aromatic heterocycles. The molecule has 0 bridgehead atoms. The number of carbonyl (C=O) groups excluding carboxylic acids is 1. The Morgan fingerprint density at radius 3 is 2.82 bits per heavy atom. The van der Waals surface area contributed by atoms with Crippen LogP contribution >= 0.6 is 0 Å². The summed E-state index contributed by atoms with van der Waals surface area (Å²) >= 11 is 0. The molecule has 1 heterocycles. The van der Waals surface area contributed by atoms with Crippen molar-refractivity contribution in [2.75, 3.05) is 26.7 Å². The summed E-state index contributed by atoms with van der Waals surface area (Å²) in [5.74, 6) is 0.660. The number of hydrogen-bond acceptors (Lipinski definition) is 2. The van der Waals surface area contributed by atoms with Gasteiger partial charge in [0.15, 0.2) is 0 Å². The van der Waals surface area contributed by atoms with E-state index in [1.807, 2.05) is 31.0 Å². The third-order valence-corrected chi connectivity index (χ3v) is 4.07. The zero-order valence-electron chi connectivity index (χ0n) is 13.6. The number of rotatable bonds is 6. The molecule has 3 nitrogen and oxygen atoms in total. The first-order valence-electron chi connectivity index (χ1n) is 7.99. The summed E-state index contributed by atoms with van der Waals surface area (Å²) in [5, 5.41) is 0. The molecule has 1 fully saturated rings. The van der Waals surface area contributed by atoms with Gasteiger partial charge in [0, 0.05) is 32.8 Å². The van der Waals surface area contributed by atoms with Crippen LogP contribution in [0.15, 0.2) is 54.6 Å². The lowest BCUT2D eigenvalue weighted by Gasteiger charge is -2.20. The second-order valence-electron chi connectivity index (χ2n) is 5.98. The number of likely N-dealkylation sites (N-methyl/N-ethyl adjacent to an activating group) is 1. The fourth-order valence-electron chi connectivity index (χ4n) is 2.90. The van der Waals surface area contributed by atoms with E-state index in [0.29, 0.717) is 5.92 Å². The van der Waals surface area contributed by atoms with E-state index in [9.17, 15) is 4.79 Å². The van der Waals surface area contributed by atoms with Crippen molar-refractivity contribution in [3.8, 4) is 0 Å². The topological polar surface area (TPSA) is 23.6 Å². The fraction of sp³-hybridized carbons (Fsp3) is 0.421. The maximum Gasteiger partial charge on any atom is 0.246 e. The van der Waals surface area contributed by atoms with Gasteiger partial charge in [0.1, 0.15) is 0 Å². The summed E-state index contributed by atoms with van der Waals surface area (Å²) < 4.78 is 0. The number of nitrogens with zero attached hydrogens (tertiary/aromatic N) is 2. The van der Waals surface area contributed by atoms with Crippen LogP contribution in [0.4, 0.5) is 0 Å². The lowest BCUT2D eigenvalue weighted by atomic mass is 10.1. The molecule has 0 spiro atoms. The van der Waals surface area contributed by atoms with Crippen LogP contribution in [0.1, 0.15) is 18.9 Å². The van der Waals surface area contributed by atoms with Gasteiger partial charge in [-0.1, -0.05) is 48.6 Å². The summed E-state index contributed by atoms with van der Waals surface area (Å²) in [4.78, 5) is 16.3. The Labute approximate surface area is 133 Å². The van der Waals surface area contributed by atoms with E-state index in [-0.39, 0.29) is 5.91 Å². The first kappa shape index (κ1) is 16.5. The molecule has 2 rings (SSSR count). The molecule has 0 N–H and O–H groups in total. The fourth-order valence-corrected chi connectivity index (χ4v) is 2.90. The molecule has 1 aromatic carbocycles. The highest BCUT2D eigenvalue weighted by Gasteiger charge is 2.24. The molecule has 22 heavy (non-hydrogen) atoms. The number of amides is 1. The molecule has 0 saturated carbocycles. The van der Waals surface area contributed by atoms with Gasteiger partial charge in [0.05, 0.1) is 0 Å². The lowest BCUT2D eigenvalue weighted by Crippen LogP contribution is -2.32. The first-order valence-corrected chi connectivity index (χ1v) is 7.99. The molecule has 1 atom stereocenters. The third-order valence-electron chi connectivity index (χ3n) is 4.07. The molecule has 118 valence electrons. The minimum atomic E-state index is 0.0830. The maximum atomic E-state index is 12.0. The quantitative estimate of drug-likeness (QED) is 0.595. The lowest BCUT2D eigenvalue weighted by molar-refractivity contribution is -0.125. The second-order valence-corrected chi connectivity index (χ2v) is 5.98. The highest BCUT2D eigenvalue weighted by Crippen LogP contribution is 2.19. The monoisotopic (exact) mass is 298 g/mol. The average molecular weight is 298 g/mol. The Kier molecular flexibility index (Phi) is 6.41. The predicted molar refractivity (Wildman–Crippen MR) is 91.4 cm³/mol. The molecule has 0 radical (unpaired) electrons. The predicted octanol–water partition coefficient (Wildman–Crippen LogP) is 3.10. The molecule has 1 aliphatic rings. The minimum absolute atomic E-state index is 0.0830. The molecule has 1 aromatic rings. The average Bonchev–Trinajstić information content (AvgIpc) is 2.95. The van der Waals surface area contributed by atoms with Crippen LogP contribution in [0.25, 0.3) is 0 Å². The van der Waals surface area contributed by atoms with Crippen LogP contribution in [-0.2, 0) is 11.3 Å². The minimum Gasteiger partial charge on any atom is -0.342 e. The summed E-state index contributed by atoms with van der Waals surface area (Å²) in [5.41, 5.74) is 1.36. The van der Waals surface area contributed by atoms with E-state index in [1.165, 1.54) is 12.0 Å². The van der Waals surface area contributed by atoms with E-state index in [1.54, 1.807) is 12.2 Å². The number of hydrogen-bond donors (Lipinski definition) is 0. The smallest absolute Gasteiger partial charge is 0.246 e. The van der Waals surface area contributed by atoms with Crippen LogP contribution in [0, 0.1) is 5.92 Å². The Bertz CT molecular complexity index is 521. The number of benzene rings is 1. The zero-order chi connectivity index (χ0) is 15.8. The highest BCUT2D eigenvalue weighted by molar-refractivity contribution is 5.87. The van der Waals surface area contributed by atoms with Crippen molar-refractivity contribution in [1.29, 1.82) is 0 Å². The van der Waals surface area contributed by atoms with E-state index < -0.39 is 0 Å². The van der Waals surface area contributed by atoms with Crippen molar-refractivity contribution in [2.24, 2.45) is 5.92 Å². The Morgan fingerprint density at radius 1 is 1.32 bits per heavy atom. The van der Waals surface area contributed by atoms with E-state index in [0.717, 1.165) is 26.2 Å². The zero-order valence-corrected chi connectivity index (χ0v) is 13.6. The summed E-state index contributed by atoms with van der Waals surface area (Å²) in [6.45, 7) is 5.99. The van der Waals surface area contributed by atoms with Crippen molar-refractivity contribution in [2.45, 2.75) is 19.9 Å². The maximum absolute atomic E-state index is 12.0. The third kappa shape index (κ3) is 5.15. The largest absolute Gasteiger partial charge is 0.342 e. The Hall–Kier alpha value is -1.87. The van der Waals surface area contributed by atoms with Gasteiger partial charge in [0.2, 0.25) is 5.91 Å². The van der Waals surface area contributed by atoms with Crippen LogP contribution in [-0.4, -0.2) is 42.4 Å². The van der Waals surface area contributed by atoms with Crippen LogP contribution in [0.2, 0.25) is 0 Å². The molecular weight excluding hydrogens is 272 g/mol. The molecule has 0 aliphatic carbocycles. The van der Waals surface area contributed by atoms with Crippen LogP contribution in [0.5, 0.6) is 0 Å².